The summed E-state index contributed by atoms with van der Waals surface area (Å²) in [6.45, 7) is 3.59. The number of nitrogens with zero attached hydrogens (tertiary/aromatic N) is 5. The fourth-order valence-corrected chi connectivity index (χ4v) is 2.53. The highest BCUT2D eigenvalue weighted by atomic mass is 32.2. The molecule has 0 saturated heterocycles. The van der Waals surface area contributed by atoms with Gasteiger partial charge in [-0.15, -0.1) is 5.10 Å². The van der Waals surface area contributed by atoms with E-state index in [1.54, 1.807) is 24.6 Å². The van der Waals surface area contributed by atoms with E-state index >= 15 is 0 Å². The predicted molar refractivity (Wildman–Crippen MR) is 71.3 cm³/mol. The van der Waals surface area contributed by atoms with Crippen LogP contribution < -0.4 is 5.32 Å². The normalized spacial score (nSPS) is 16.1. The van der Waals surface area contributed by atoms with E-state index in [-0.39, 0.29) is 11.2 Å². The van der Waals surface area contributed by atoms with Gasteiger partial charge in [-0.3, -0.25) is 10.1 Å². The van der Waals surface area contributed by atoms with Crippen molar-refractivity contribution >= 4 is 23.6 Å². The van der Waals surface area contributed by atoms with Crippen molar-refractivity contribution < 1.29 is 9.32 Å². The van der Waals surface area contributed by atoms with Gasteiger partial charge >= 0.3 is 0 Å². The highest BCUT2D eigenvalue weighted by Gasteiger charge is 2.29. The molecule has 2 heterocycles. The molecule has 1 fully saturated rings. The second-order valence-electron chi connectivity index (χ2n) is 4.72. The van der Waals surface area contributed by atoms with Gasteiger partial charge in [-0.1, -0.05) is 16.9 Å². The number of hydrogen-bond acceptors (Lipinski definition) is 7. The summed E-state index contributed by atoms with van der Waals surface area (Å²) in [5, 5.41) is 18.3. The first kappa shape index (κ1) is 13.1. The van der Waals surface area contributed by atoms with Crippen molar-refractivity contribution in [3.8, 4) is 0 Å². The third kappa shape index (κ3) is 2.82. The van der Waals surface area contributed by atoms with E-state index < -0.39 is 0 Å². The highest BCUT2D eigenvalue weighted by molar-refractivity contribution is 8.00. The van der Waals surface area contributed by atoms with Gasteiger partial charge in [0.25, 0.3) is 0 Å². The molecule has 0 unspecified atom stereocenters. The zero-order valence-electron chi connectivity index (χ0n) is 11.1. The van der Waals surface area contributed by atoms with E-state index in [4.69, 9.17) is 4.52 Å². The smallest absolute Gasteiger partial charge is 0.240 e. The molecule has 1 aliphatic rings. The topological polar surface area (TPSA) is 98.7 Å². The quantitative estimate of drug-likeness (QED) is 0.832. The number of nitrogens with one attached hydrogen (secondary N) is 1. The number of rotatable bonds is 5. The second kappa shape index (κ2) is 5.23. The summed E-state index contributed by atoms with van der Waals surface area (Å²) in [5.41, 5.74) is 0.721. The van der Waals surface area contributed by atoms with Gasteiger partial charge in [0.05, 0.1) is 17.0 Å². The summed E-state index contributed by atoms with van der Waals surface area (Å²) >= 11 is 1.33. The van der Waals surface area contributed by atoms with E-state index in [1.165, 1.54) is 11.8 Å². The van der Waals surface area contributed by atoms with Gasteiger partial charge in [0.1, 0.15) is 0 Å². The SMILES string of the molecule is Cc1cc(NC(=O)[C@@H](C)Sc2nnnn2C2CC2)on1. The summed E-state index contributed by atoms with van der Waals surface area (Å²) in [7, 11) is 0. The molecule has 20 heavy (non-hydrogen) atoms. The molecular formula is C11H14N6O2S. The number of carbonyl (C=O) groups excluding carboxylic acids is 1. The second-order valence-corrected chi connectivity index (χ2v) is 6.03. The van der Waals surface area contributed by atoms with E-state index in [1.807, 2.05) is 0 Å². The van der Waals surface area contributed by atoms with Crippen molar-refractivity contribution in [2.24, 2.45) is 0 Å². The minimum Gasteiger partial charge on any atom is -0.338 e. The molecule has 0 spiro atoms. The number of aromatic nitrogens is 5. The summed E-state index contributed by atoms with van der Waals surface area (Å²) in [6.07, 6.45) is 2.19. The molecule has 1 saturated carbocycles. The maximum Gasteiger partial charge on any atom is 0.240 e. The van der Waals surface area contributed by atoms with Crippen LogP contribution in [0.3, 0.4) is 0 Å². The summed E-state index contributed by atoms with van der Waals surface area (Å²) in [5.74, 6) is 0.179. The van der Waals surface area contributed by atoms with E-state index in [9.17, 15) is 4.79 Å². The number of thioether (sulfide) groups is 1. The maximum atomic E-state index is 12.0. The Hall–Kier alpha value is -1.90. The summed E-state index contributed by atoms with van der Waals surface area (Å²) in [6, 6.07) is 2.06. The van der Waals surface area contributed by atoms with Crippen molar-refractivity contribution in [2.45, 2.75) is 43.1 Å². The van der Waals surface area contributed by atoms with Crippen LogP contribution in [-0.4, -0.2) is 36.5 Å². The van der Waals surface area contributed by atoms with Gasteiger partial charge in [0, 0.05) is 6.07 Å². The first-order valence-corrected chi connectivity index (χ1v) is 7.20. The summed E-state index contributed by atoms with van der Waals surface area (Å²) < 4.78 is 6.74. The first-order chi connectivity index (χ1) is 9.63. The number of tetrazole rings is 1. The number of anilines is 1. The Morgan fingerprint density at radius 2 is 2.40 bits per heavy atom. The largest absolute Gasteiger partial charge is 0.338 e. The standard InChI is InChI=1S/C11H14N6O2S/c1-6-5-9(19-14-6)12-10(18)7(2)20-11-13-15-16-17(11)8-3-4-8/h5,7-8H,3-4H2,1-2H3,(H,12,18)/t7-/m1/s1. The van der Waals surface area contributed by atoms with Crippen LogP contribution in [0, 0.1) is 6.92 Å². The van der Waals surface area contributed by atoms with Crippen molar-refractivity contribution in [3.05, 3.63) is 11.8 Å². The fraction of sp³-hybridized carbons (Fsp3) is 0.545. The Bertz CT molecular complexity index is 620. The van der Waals surface area contributed by atoms with Gasteiger partial charge in [-0.05, 0) is 37.1 Å². The van der Waals surface area contributed by atoms with Crippen LogP contribution in [0.15, 0.2) is 15.7 Å². The molecule has 0 radical (unpaired) electrons. The maximum absolute atomic E-state index is 12.0. The molecule has 0 bridgehead atoms. The molecule has 1 amide bonds. The molecule has 106 valence electrons. The number of amides is 1. The number of aryl methyl sites for hydroxylation is 1. The molecule has 1 aliphatic carbocycles. The molecule has 1 atom stereocenters. The van der Waals surface area contributed by atoms with Gasteiger partial charge in [0.15, 0.2) is 0 Å². The molecule has 1 N–H and O–H groups in total. The van der Waals surface area contributed by atoms with E-state index in [0.717, 1.165) is 18.5 Å². The zero-order valence-corrected chi connectivity index (χ0v) is 11.9. The van der Waals surface area contributed by atoms with Crippen LogP contribution in [0.5, 0.6) is 0 Å². The molecule has 0 aliphatic heterocycles. The molecule has 3 rings (SSSR count). The lowest BCUT2D eigenvalue weighted by Gasteiger charge is -2.09. The van der Waals surface area contributed by atoms with Gasteiger partial charge in [-0.25, -0.2) is 4.68 Å². The monoisotopic (exact) mass is 294 g/mol. The highest BCUT2D eigenvalue weighted by Crippen LogP contribution is 2.37. The van der Waals surface area contributed by atoms with Gasteiger partial charge in [-0.2, -0.15) is 0 Å². The Kier molecular flexibility index (Phi) is 3.43. The van der Waals surface area contributed by atoms with Crippen LogP contribution in [0.4, 0.5) is 5.88 Å². The van der Waals surface area contributed by atoms with Crippen molar-refractivity contribution in [2.75, 3.05) is 5.32 Å². The van der Waals surface area contributed by atoms with E-state index in [0.29, 0.717) is 17.1 Å². The predicted octanol–water partition coefficient (Wildman–Crippen LogP) is 1.42. The number of carbonyl (C=O) groups is 1. The lowest BCUT2D eigenvalue weighted by Crippen LogP contribution is -2.22. The third-order valence-electron chi connectivity index (χ3n) is 2.88. The minimum absolute atomic E-state index is 0.170. The van der Waals surface area contributed by atoms with Crippen molar-refractivity contribution in [1.82, 2.24) is 25.4 Å². The Labute approximate surface area is 119 Å². The molecule has 0 aromatic carbocycles. The van der Waals surface area contributed by atoms with Crippen molar-refractivity contribution in [3.63, 3.8) is 0 Å². The molecule has 9 heteroatoms. The minimum atomic E-state index is -0.330. The van der Waals surface area contributed by atoms with Crippen LogP contribution in [0.25, 0.3) is 0 Å². The lowest BCUT2D eigenvalue weighted by atomic mass is 10.4. The van der Waals surface area contributed by atoms with Crippen LogP contribution in [-0.2, 0) is 4.79 Å². The third-order valence-corrected chi connectivity index (χ3v) is 3.93. The molecule has 2 aromatic heterocycles. The molecular weight excluding hydrogens is 280 g/mol. The van der Waals surface area contributed by atoms with Gasteiger partial charge < -0.3 is 4.52 Å². The van der Waals surface area contributed by atoms with Crippen LogP contribution in [0.2, 0.25) is 0 Å². The average Bonchev–Trinajstić information content (AvgIpc) is 3.03. The van der Waals surface area contributed by atoms with Gasteiger partial charge in [0.2, 0.25) is 16.9 Å². The molecule has 2 aromatic rings. The summed E-state index contributed by atoms with van der Waals surface area (Å²) in [4.78, 5) is 12.0. The van der Waals surface area contributed by atoms with E-state index in [2.05, 4.69) is 26.0 Å². The first-order valence-electron chi connectivity index (χ1n) is 6.32. The number of hydrogen-bond donors (Lipinski definition) is 1. The zero-order chi connectivity index (χ0) is 14.1. The van der Waals surface area contributed by atoms with Crippen LogP contribution in [0.1, 0.15) is 31.5 Å². The fourth-order valence-electron chi connectivity index (χ4n) is 1.67. The lowest BCUT2D eigenvalue weighted by molar-refractivity contribution is -0.115. The Balaban J connectivity index is 1.61. The average molecular weight is 294 g/mol. The Morgan fingerprint density at radius 1 is 1.60 bits per heavy atom. The van der Waals surface area contributed by atoms with Crippen molar-refractivity contribution in [1.29, 1.82) is 0 Å². The molecule has 8 nitrogen and oxygen atoms in total. The van der Waals surface area contributed by atoms with Crippen LogP contribution >= 0.6 is 11.8 Å². The Morgan fingerprint density at radius 3 is 3.05 bits per heavy atom.